The highest BCUT2D eigenvalue weighted by Crippen LogP contribution is 2.16. The Morgan fingerprint density at radius 2 is 0.703 bits per heavy atom. The summed E-state index contributed by atoms with van der Waals surface area (Å²) in [6.45, 7) is 9.55. The average molecular weight is 863 g/mol. The van der Waals surface area contributed by atoms with Crippen LogP contribution in [0.1, 0.15) is 112 Å². The number of nitrogens with zero attached hydrogens (tertiary/aromatic N) is 2. The first-order valence-electron chi connectivity index (χ1n) is 21.9. The normalized spacial score (nSPS) is 12.5. The molecular formula is C54H58N2O8. The summed E-state index contributed by atoms with van der Waals surface area (Å²) in [7, 11) is 0. The van der Waals surface area contributed by atoms with Crippen molar-refractivity contribution in [1.82, 2.24) is 0 Å². The highest BCUT2D eigenvalue weighted by atomic mass is 16.6. The van der Waals surface area contributed by atoms with Crippen LogP contribution >= 0.6 is 0 Å². The summed E-state index contributed by atoms with van der Waals surface area (Å²) in [6, 6.07) is 33.9. The second-order valence-electron chi connectivity index (χ2n) is 15.2. The minimum Gasteiger partial charge on any atom is -0.494 e. The van der Waals surface area contributed by atoms with Crippen LogP contribution in [0.5, 0.6) is 11.5 Å². The third-order valence-corrected chi connectivity index (χ3v) is 10.1. The predicted octanol–water partition coefficient (Wildman–Crippen LogP) is 10.0. The van der Waals surface area contributed by atoms with Gasteiger partial charge in [0.15, 0.2) is 0 Å². The van der Waals surface area contributed by atoms with E-state index < -0.39 is 24.1 Å². The van der Waals surface area contributed by atoms with Gasteiger partial charge in [0.1, 0.15) is 23.7 Å². The summed E-state index contributed by atoms with van der Waals surface area (Å²) in [6.07, 6.45) is 8.07. The Morgan fingerprint density at radius 1 is 0.422 bits per heavy atom. The molecule has 4 rings (SSSR count). The molecule has 0 amide bonds. The number of rotatable bonds is 24. The Bertz CT molecular complexity index is 2100. The van der Waals surface area contributed by atoms with Crippen molar-refractivity contribution in [1.29, 1.82) is 10.5 Å². The van der Waals surface area contributed by atoms with Crippen LogP contribution in [-0.4, -0.2) is 62.8 Å². The van der Waals surface area contributed by atoms with Crippen LogP contribution < -0.4 is 9.47 Å². The maximum Gasteiger partial charge on any atom is 0.331 e. The summed E-state index contributed by atoms with van der Waals surface area (Å²) in [5.41, 5.74) is 4.71. The van der Waals surface area contributed by atoms with Gasteiger partial charge in [0.05, 0.1) is 48.7 Å². The number of esters is 2. The molecule has 0 spiro atoms. The zero-order chi connectivity index (χ0) is 45.8. The van der Waals surface area contributed by atoms with Crippen LogP contribution in [0.25, 0.3) is 0 Å². The lowest BCUT2D eigenvalue weighted by Gasteiger charge is -2.21. The first kappa shape index (κ1) is 49.8. The Morgan fingerprint density at radius 3 is 1.02 bits per heavy atom. The second-order valence-corrected chi connectivity index (χ2v) is 15.2. The molecular weight excluding hydrogens is 805 g/mol. The number of benzene rings is 4. The van der Waals surface area contributed by atoms with E-state index in [-0.39, 0.29) is 12.2 Å². The third kappa shape index (κ3) is 19.9. The molecule has 10 heteroatoms. The Hall–Kier alpha value is -6.82. The van der Waals surface area contributed by atoms with Crippen molar-refractivity contribution in [2.45, 2.75) is 103 Å². The van der Waals surface area contributed by atoms with Gasteiger partial charge in [0, 0.05) is 47.6 Å². The van der Waals surface area contributed by atoms with E-state index in [1.807, 2.05) is 86.6 Å². The van der Waals surface area contributed by atoms with E-state index in [0.717, 1.165) is 97.3 Å². The molecule has 0 fully saturated rings. The standard InChI is InChI=1S/C54H58N2O8/c1-41(59-35-9-5-7-11-37-61-51-29-25-47(26-30-51)15-13-45-17-21-49(39-55)22-18-45)43(3)63-53(57)33-34-54(58)64-44(4)42(2)60-36-10-6-8-12-38-62-52-31-27-48(28-32-52)16-14-46-19-23-50(40-56)24-20-46/h17-34,41-44H,5-12,35-38H2,1-4H3/b34-33+/t41?,42?,43-,44-/m0/s1. The number of hydrogen-bond donors (Lipinski definition) is 0. The molecule has 0 aromatic heterocycles. The lowest BCUT2D eigenvalue weighted by molar-refractivity contribution is -0.152. The lowest BCUT2D eigenvalue weighted by Crippen LogP contribution is -2.29. The van der Waals surface area contributed by atoms with Gasteiger partial charge in [-0.2, -0.15) is 10.5 Å². The molecule has 0 bridgehead atoms. The van der Waals surface area contributed by atoms with Crippen LogP contribution in [0.15, 0.2) is 109 Å². The maximum absolute atomic E-state index is 12.4. The zero-order valence-corrected chi connectivity index (χ0v) is 37.3. The number of carbonyl (C=O) groups is 2. The molecule has 0 heterocycles. The molecule has 10 nitrogen and oxygen atoms in total. The van der Waals surface area contributed by atoms with Crippen molar-refractivity contribution in [2.24, 2.45) is 0 Å². The van der Waals surface area contributed by atoms with E-state index in [9.17, 15) is 9.59 Å². The molecule has 0 aliphatic heterocycles. The molecule has 0 radical (unpaired) electrons. The highest BCUT2D eigenvalue weighted by Gasteiger charge is 2.18. The fourth-order valence-corrected chi connectivity index (χ4v) is 5.89. The Balaban J connectivity index is 0.960. The van der Waals surface area contributed by atoms with E-state index in [1.165, 1.54) is 0 Å². The summed E-state index contributed by atoms with van der Waals surface area (Å²) in [5.74, 6) is 12.8. The number of hydrogen-bond acceptors (Lipinski definition) is 10. The van der Waals surface area contributed by atoms with E-state index >= 15 is 0 Å². The summed E-state index contributed by atoms with van der Waals surface area (Å²) >= 11 is 0. The van der Waals surface area contributed by atoms with Crippen LogP contribution in [-0.2, 0) is 28.5 Å². The SMILES string of the molecule is CC(OCCCCCCOc1ccc(C#Cc2ccc(C#N)cc2)cc1)[C@H](C)OC(=O)/C=C/C(=O)O[C@@H](C)C(C)OCCCCCCOc1ccc(C#Cc2ccc(C#N)cc2)cc1. The third-order valence-electron chi connectivity index (χ3n) is 10.1. The lowest BCUT2D eigenvalue weighted by atomic mass is 10.1. The molecule has 0 aliphatic rings. The molecule has 0 saturated carbocycles. The molecule has 332 valence electrons. The van der Waals surface area contributed by atoms with Crippen LogP contribution in [0.4, 0.5) is 0 Å². The second kappa shape index (κ2) is 28.7. The van der Waals surface area contributed by atoms with Crippen molar-refractivity contribution in [2.75, 3.05) is 26.4 Å². The number of ether oxygens (including phenoxy) is 6. The van der Waals surface area contributed by atoms with E-state index in [4.69, 9.17) is 38.9 Å². The van der Waals surface area contributed by atoms with Crippen LogP contribution in [0.2, 0.25) is 0 Å². The fraction of sp³-hybridized carbons (Fsp3) is 0.370. The van der Waals surface area contributed by atoms with E-state index in [1.54, 1.807) is 38.1 Å². The number of carbonyl (C=O) groups excluding carboxylic acids is 2. The molecule has 4 atom stereocenters. The minimum absolute atomic E-state index is 0.311. The average Bonchev–Trinajstić information content (AvgIpc) is 3.32. The summed E-state index contributed by atoms with van der Waals surface area (Å²) < 4.78 is 34.4. The first-order chi connectivity index (χ1) is 31.1. The quantitative estimate of drug-likeness (QED) is 0.0290. The summed E-state index contributed by atoms with van der Waals surface area (Å²) in [5, 5.41) is 17.8. The van der Waals surface area contributed by atoms with Crippen molar-refractivity contribution < 1.29 is 38.0 Å². The van der Waals surface area contributed by atoms with Gasteiger partial charge < -0.3 is 28.4 Å². The molecule has 2 unspecified atom stereocenters. The van der Waals surface area contributed by atoms with Crippen molar-refractivity contribution in [3.63, 3.8) is 0 Å². The highest BCUT2D eigenvalue weighted by molar-refractivity contribution is 5.91. The van der Waals surface area contributed by atoms with Gasteiger partial charge in [-0.3, -0.25) is 0 Å². The Kier molecular flexibility index (Phi) is 22.4. The molecule has 4 aromatic rings. The molecule has 0 saturated heterocycles. The molecule has 0 aliphatic carbocycles. The van der Waals surface area contributed by atoms with Crippen LogP contribution in [0.3, 0.4) is 0 Å². The Labute approximate surface area is 379 Å². The van der Waals surface area contributed by atoms with Gasteiger partial charge in [0.25, 0.3) is 0 Å². The fourth-order valence-electron chi connectivity index (χ4n) is 5.89. The molecule has 64 heavy (non-hydrogen) atoms. The predicted molar refractivity (Wildman–Crippen MR) is 246 cm³/mol. The smallest absolute Gasteiger partial charge is 0.331 e. The van der Waals surface area contributed by atoms with E-state index in [2.05, 4.69) is 35.8 Å². The monoisotopic (exact) mass is 862 g/mol. The van der Waals surface area contributed by atoms with Crippen molar-refractivity contribution >= 4 is 11.9 Å². The van der Waals surface area contributed by atoms with Crippen molar-refractivity contribution in [3.05, 3.63) is 143 Å². The topological polar surface area (TPSA) is 137 Å². The number of nitriles is 2. The van der Waals surface area contributed by atoms with Crippen LogP contribution in [0, 0.1) is 46.3 Å². The van der Waals surface area contributed by atoms with Crippen molar-refractivity contribution in [3.8, 4) is 47.3 Å². The van der Waals surface area contributed by atoms with Gasteiger partial charge in [-0.25, -0.2) is 9.59 Å². The van der Waals surface area contributed by atoms with Gasteiger partial charge >= 0.3 is 11.9 Å². The van der Waals surface area contributed by atoms with Gasteiger partial charge in [-0.05, 0) is 163 Å². The zero-order valence-electron chi connectivity index (χ0n) is 37.3. The first-order valence-corrected chi connectivity index (χ1v) is 21.9. The molecule has 4 aromatic carbocycles. The maximum atomic E-state index is 12.4. The van der Waals surface area contributed by atoms with Gasteiger partial charge in [-0.1, -0.05) is 36.5 Å². The van der Waals surface area contributed by atoms with Gasteiger partial charge in [0.2, 0.25) is 0 Å². The van der Waals surface area contributed by atoms with Gasteiger partial charge in [-0.15, -0.1) is 0 Å². The van der Waals surface area contributed by atoms with E-state index in [0.29, 0.717) is 37.6 Å². The minimum atomic E-state index is -0.645. The number of unbranched alkanes of at least 4 members (excludes halogenated alkanes) is 6. The molecule has 0 N–H and O–H groups in total. The largest absolute Gasteiger partial charge is 0.494 e. The summed E-state index contributed by atoms with van der Waals surface area (Å²) in [4.78, 5) is 24.7.